The molecule has 4 rings (SSSR count). The van der Waals surface area contributed by atoms with Gasteiger partial charge in [0.15, 0.2) is 0 Å². The van der Waals surface area contributed by atoms with E-state index in [1.807, 2.05) is 20.8 Å². The van der Waals surface area contributed by atoms with Crippen LogP contribution in [0.15, 0.2) is 11.6 Å². The largest absolute Gasteiger partial charge is 0.461 e. The molecule has 0 saturated heterocycles. The smallest absolute Gasteiger partial charge is 0.309 e. The van der Waals surface area contributed by atoms with E-state index in [1.54, 1.807) is 5.57 Å². The highest BCUT2D eigenvalue weighted by Gasteiger charge is 2.54. The number of esters is 1. The predicted molar refractivity (Wildman–Crippen MR) is 114 cm³/mol. The van der Waals surface area contributed by atoms with Crippen molar-refractivity contribution >= 4 is 11.9 Å². The van der Waals surface area contributed by atoms with Gasteiger partial charge in [-0.05, 0) is 70.1 Å². The van der Waals surface area contributed by atoms with Crippen LogP contribution in [0.4, 0.5) is 0 Å². The second-order valence-electron chi connectivity index (χ2n) is 11.1. The second-order valence-corrected chi connectivity index (χ2v) is 11.1. The molecule has 0 aromatic rings. The van der Waals surface area contributed by atoms with Gasteiger partial charge in [-0.1, -0.05) is 45.3 Å². The van der Waals surface area contributed by atoms with E-state index in [0.29, 0.717) is 5.92 Å². The lowest BCUT2D eigenvalue weighted by Crippen LogP contribution is -2.52. The number of amides is 1. The molecule has 0 aliphatic heterocycles. The number of fused-ring (bicyclic) bond motifs is 1. The molecule has 0 aromatic carbocycles. The molecule has 0 aromatic heterocycles. The standard InChI is InChI=1S/C25H39NO3/c1-24(2,3)23(28)26-20-10-6-14-25(20)15-7-11-21(25)29-22(27)19-13-12-17-8-4-5-9-18(17)16-19/h12,18-21H,4-11,13-16H2,1-3H3,(H,26,28)/t18-,19-,20+,21+,25+/m0/s1. The first-order chi connectivity index (χ1) is 13.8. The fourth-order valence-corrected chi connectivity index (χ4v) is 6.42. The Morgan fingerprint density at radius 3 is 2.59 bits per heavy atom. The predicted octanol–water partition coefficient (Wildman–Crippen LogP) is 5.31. The van der Waals surface area contributed by atoms with Crippen LogP contribution >= 0.6 is 0 Å². The van der Waals surface area contributed by atoms with Gasteiger partial charge in [-0.2, -0.15) is 0 Å². The first-order valence-corrected chi connectivity index (χ1v) is 12.0. The lowest BCUT2D eigenvalue weighted by Gasteiger charge is -2.39. The molecule has 0 unspecified atom stereocenters. The van der Waals surface area contributed by atoms with Crippen molar-refractivity contribution in [2.24, 2.45) is 22.7 Å². The number of rotatable bonds is 3. The molecular formula is C25H39NO3. The molecule has 4 aliphatic carbocycles. The van der Waals surface area contributed by atoms with Crippen molar-refractivity contribution in [3.63, 3.8) is 0 Å². The molecule has 4 heteroatoms. The van der Waals surface area contributed by atoms with E-state index in [4.69, 9.17) is 4.74 Å². The first-order valence-electron chi connectivity index (χ1n) is 12.0. The van der Waals surface area contributed by atoms with E-state index in [1.165, 1.54) is 25.7 Å². The van der Waals surface area contributed by atoms with Crippen molar-refractivity contribution in [3.05, 3.63) is 11.6 Å². The molecular weight excluding hydrogens is 362 g/mol. The van der Waals surface area contributed by atoms with Crippen molar-refractivity contribution < 1.29 is 14.3 Å². The van der Waals surface area contributed by atoms with E-state index < -0.39 is 0 Å². The molecule has 162 valence electrons. The number of carbonyl (C=O) groups is 2. The number of nitrogens with one attached hydrogen (secondary N) is 1. The molecule has 0 radical (unpaired) electrons. The van der Waals surface area contributed by atoms with E-state index in [0.717, 1.165) is 51.4 Å². The minimum atomic E-state index is -0.388. The lowest BCUT2D eigenvalue weighted by atomic mass is 9.74. The van der Waals surface area contributed by atoms with Crippen molar-refractivity contribution in [1.29, 1.82) is 0 Å². The Labute approximate surface area is 176 Å². The van der Waals surface area contributed by atoms with Crippen LogP contribution in [0, 0.1) is 22.7 Å². The maximum atomic E-state index is 13.1. The van der Waals surface area contributed by atoms with Crippen molar-refractivity contribution in [2.45, 2.75) is 110 Å². The summed E-state index contributed by atoms with van der Waals surface area (Å²) in [6, 6.07) is 0.144. The average Bonchev–Trinajstić information content (AvgIpc) is 3.28. The summed E-state index contributed by atoms with van der Waals surface area (Å²) in [5.74, 6) is 0.773. The van der Waals surface area contributed by atoms with Crippen LogP contribution in [0.25, 0.3) is 0 Å². The van der Waals surface area contributed by atoms with Crippen molar-refractivity contribution in [2.75, 3.05) is 0 Å². The van der Waals surface area contributed by atoms with Crippen LogP contribution in [-0.4, -0.2) is 24.0 Å². The van der Waals surface area contributed by atoms with Gasteiger partial charge in [-0.25, -0.2) is 0 Å². The zero-order valence-corrected chi connectivity index (χ0v) is 18.6. The maximum absolute atomic E-state index is 13.1. The summed E-state index contributed by atoms with van der Waals surface area (Å²) < 4.78 is 6.25. The molecule has 0 heterocycles. The molecule has 4 nitrogen and oxygen atoms in total. The fourth-order valence-electron chi connectivity index (χ4n) is 6.42. The summed E-state index contributed by atoms with van der Waals surface area (Å²) >= 11 is 0. The van der Waals surface area contributed by atoms with Gasteiger partial charge < -0.3 is 10.1 Å². The van der Waals surface area contributed by atoms with Crippen LogP contribution in [-0.2, 0) is 14.3 Å². The summed E-state index contributed by atoms with van der Waals surface area (Å²) in [5.41, 5.74) is 1.16. The number of hydrogen-bond donors (Lipinski definition) is 1. The highest BCUT2D eigenvalue weighted by molar-refractivity contribution is 5.81. The zero-order chi connectivity index (χ0) is 20.6. The Bertz CT molecular complexity index is 672. The van der Waals surface area contributed by atoms with E-state index in [2.05, 4.69) is 11.4 Å². The molecule has 1 spiro atoms. The monoisotopic (exact) mass is 401 g/mol. The number of hydrogen-bond acceptors (Lipinski definition) is 3. The second kappa shape index (κ2) is 8.07. The quantitative estimate of drug-likeness (QED) is 0.515. The molecule has 5 atom stereocenters. The molecule has 1 N–H and O–H groups in total. The zero-order valence-electron chi connectivity index (χ0n) is 18.6. The van der Waals surface area contributed by atoms with Gasteiger partial charge in [0.2, 0.25) is 5.91 Å². The Balaban J connectivity index is 1.42. The number of carbonyl (C=O) groups excluding carboxylic acids is 2. The number of ether oxygens (including phenoxy) is 1. The summed E-state index contributed by atoms with van der Waals surface area (Å²) in [6.07, 6.45) is 15.5. The van der Waals surface area contributed by atoms with Crippen molar-refractivity contribution in [1.82, 2.24) is 5.32 Å². The number of allylic oxidation sites excluding steroid dienone is 2. The highest BCUT2D eigenvalue weighted by atomic mass is 16.5. The molecule has 29 heavy (non-hydrogen) atoms. The van der Waals surface area contributed by atoms with Gasteiger partial charge >= 0.3 is 5.97 Å². The molecule has 3 saturated carbocycles. The topological polar surface area (TPSA) is 55.4 Å². The van der Waals surface area contributed by atoms with Crippen LogP contribution in [0.3, 0.4) is 0 Å². The average molecular weight is 402 g/mol. The highest BCUT2D eigenvalue weighted by Crippen LogP contribution is 2.52. The Morgan fingerprint density at radius 1 is 1.07 bits per heavy atom. The van der Waals surface area contributed by atoms with Crippen molar-refractivity contribution in [3.8, 4) is 0 Å². The van der Waals surface area contributed by atoms with Gasteiger partial charge in [-0.15, -0.1) is 0 Å². The van der Waals surface area contributed by atoms with Crippen LogP contribution in [0.5, 0.6) is 0 Å². The Hall–Kier alpha value is -1.32. The van der Waals surface area contributed by atoms with Gasteiger partial charge in [0.05, 0.1) is 5.92 Å². The summed E-state index contributed by atoms with van der Waals surface area (Å²) in [5, 5.41) is 3.33. The SMILES string of the molecule is CC(C)(C)C(=O)N[C@@H]1CCC[C@@]12CCC[C@H]2OC(=O)[C@H]1CC=C2CCCC[C@H]2C1. The van der Waals surface area contributed by atoms with Crippen LogP contribution < -0.4 is 5.32 Å². The Kier molecular flexibility index (Phi) is 5.83. The van der Waals surface area contributed by atoms with E-state index in [9.17, 15) is 9.59 Å². The molecule has 1 amide bonds. The minimum Gasteiger partial charge on any atom is -0.461 e. The third kappa shape index (κ3) is 4.14. The van der Waals surface area contributed by atoms with E-state index >= 15 is 0 Å². The van der Waals surface area contributed by atoms with Gasteiger partial charge in [0.1, 0.15) is 6.10 Å². The van der Waals surface area contributed by atoms with Crippen LogP contribution in [0.2, 0.25) is 0 Å². The van der Waals surface area contributed by atoms with Gasteiger partial charge in [-0.3, -0.25) is 9.59 Å². The summed E-state index contributed by atoms with van der Waals surface area (Å²) in [6.45, 7) is 5.89. The molecule has 4 aliphatic rings. The van der Waals surface area contributed by atoms with Gasteiger partial charge in [0.25, 0.3) is 0 Å². The lowest BCUT2D eigenvalue weighted by molar-refractivity contribution is -0.161. The van der Waals surface area contributed by atoms with Crippen LogP contribution in [0.1, 0.15) is 97.8 Å². The van der Waals surface area contributed by atoms with E-state index in [-0.39, 0.29) is 40.8 Å². The third-order valence-electron chi connectivity index (χ3n) is 8.18. The molecule has 0 bridgehead atoms. The van der Waals surface area contributed by atoms with Gasteiger partial charge in [0, 0.05) is 16.9 Å². The first kappa shape index (κ1) is 20.9. The fraction of sp³-hybridized carbons (Fsp3) is 0.840. The summed E-state index contributed by atoms with van der Waals surface area (Å²) in [7, 11) is 0. The summed E-state index contributed by atoms with van der Waals surface area (Å²) in [4.78, 5) is 25.8. The molecule has 3 fully saturated rings. The maximum Gasteiger partial charge on any atom is 0.309 e. The third-order valence-corrected chi connectivity index (χ3v) is 8.18. The minimum absolute atomic E-state index is 0.0185. The normalized spacial score (nSPS) is 37.1. The Morgan fingerprint density at radius 2 is 1.83 bits per heavy atom.